The molecule has 0 aliphatic carbocycles. The minimum Gasteiger partial charge on any atom is -0.369 e. The van der Waals surface area contributed by atoms with Crippen LogP contribution in [0.3, 0.4) is 0 Å². The summed E-state index contributed by atoms with van der Waals surface area (Å²) >= 11 is 0. The zero-order valence-corrected chi connectivity index (χ0v) is 20.9. The highest BCUT2D eigenvalue weighted by Crippen LogP contribution is 2.27. The van der Waals surface area contributed by atoms with Crippen LogP contribution >= 0.6 is 0 Å². The van der Waals surface area contributed by atoms with Crippen molar-refractivity contribution in [2.75, 3.05) is 37.6 Å². The number of allylic oxidation sites excluding steroid dienone is 1. The first kappa shape index (κ1) is 25.6. The van der Waals surface area contributed by atoms with Crippen molar-refractivity contribution in [3.8, 4) is 0 Å². The van der Waals surface area contributed by atoms with Gasteiger partial charge in [-0.15, -0.1) is 0 Å². The second-order valence-electron chi connectivity index (χ2n) is 9.72. The maximum absolute atomic E-state index is 12.5. The zero-order valence-electron chi connectivity index (χ0n) is 20.9. The van der Waals surface area contributed by atoms with Gasteiger partial charge in [0.15, 0.2) is 5.78 Å². The van der Waals surface area contributed by atoms with Crippen molar-refractivity contribution < 1.29 is 4.79 Å². The fourth-order valence-electron chi connectivity index (χ4n) is 4.70. The molecule has 2 rings (SSSR count). The molecule has 2 unspecified atom stereocenters. The third-order valence-corrected chi connectivity index (χ3v) is 6.96. The predicted molar refractivity (Wildman–Crippen MR) is 136 cm³/mol. The van der Waals surface area contributed by atoms with Crippen LogP contribution < -0.4 is 4.90 Å². The van der Waals surface area contributed by atoms with E-state index in [1.54, 1.807) is 0 Å². The zero-order chi connectivity index (χ0) is 22.8. The van der Waals surface area contributed by atoms with Gasteiger partial charge in [0.25, 0.3) is 0 Å². The molecule has 31 heavy (non-hydrogen) atoms. The highest BCUT2D eigenvalue weighted by atomic mass is 16.1. The SMILES string of the molecule is C=C(C)c1cc(N2CCN(CC(CCC)CCC(C)CC)CC2)ccc1C(=O)CCC. The van der Waals surface area contributed by atoms with E-state index in [1.165, 1.54) is 44.3 Å². The number of Topliss-reactive ketones (excluding diaryl/α,β-unsaturated/α-hetero) is 1. The van der Waals surface area contributed by atoms with E-state index in [2.05, 4.69) is 56.2 Å². The molecule has 0 N–H and O–H groups in total. The van der Waals surface area contributed by atoms with Gasteiger partial charge >= 0.3 is 0 Å². The van der Waals surface area contributed by atoms with Gasteiger partial charge in [-0.05, 0) is 61.8 Å². The van der Waals surface area contributed by atoms with E-state index in [9.17, 15) is 4.79 Å². The molecule has 0 aromatic heterocycles. The molecule has 1 fully saturated rings. The summed E-state index contributed by atoms with van der Waals surface area (Å²) < 4.78 is 0. The number of hydrogen-bond donors (Lipinski definition) is 0. The van der Waals surface area contributed by atoms with Gasteiger partial charge in [-0.3, -0.25) is 9.69 Å². The Balaban J connectivity index is 1.97. The largest absolute Gasteiger partial charge is 0.369 e. The van der Waals surface area contributed by atoms with Gasteiger partial charge in [0, 0.05) is 50.4 Å². The number of rotatable bonds is 13. The molecule has 1 heterocycles. The van der Waals surface area contributed by atoms with Crippen LogP contribution in [0.2, 0.25) is 0 Å². The van der Waals surface area contributed by atoms with Gasteiger partial charge in [-0.25, -0.2) is 0 Å². The van der Waals surface area contributed by atoms with Crippen molar-refractivity contribution in [3.63, 3.8) is 0 Å². The Morgan fingerprint density at radius 1 is 1.00 bits per heavy atom. The van der Waals surface area contributed by atoms with E-state index in [0.717, 1.165) is 61.1 Å². The fourth-order valence-corrected chi connectivity index (χ4v) is 4.70. The molecule has 0 spiro atoms. The lowest BCUT2D eigenvalue weighted by Gasteiger charge is -2.38. The van der Waals surface area contributed by atoms with Gasteiger partial charge in [0.1, 0.15) is 0 Å². The summed E-state index contributed by atoms with van der Waals surface area (Å²) in [6, 6.07) is 6.35. The highest BCUT2D eigenvalue weighted by Gasteiger charge is 2.22. The molecule has 0 amide bonds. The molecule has 0 radical (unpaired) electrons. The van der Waals surface area contributed by atoms with Crippen LogP contribution in [-0.2, 0) is 0 Å². The van der Waals surface area contributed by atoms with Crippen LogP contribution in [0, 0.1) is 11.8 Å². The Morgan fingerprint density at radius 3 is 2.29 bits per heavy atom. The molecular formula is C28H46N2O. The fraction of sp³-hybridized carbons (Fsp3) is 0.679. The average Bonchev–Trinajstić information content (AvgIpc) is 2.77. The number of anilines is 1. The Morgan fingerprint density at radius 2 is 1.71 bits per heavy atom. The van der Waals surface area contributed by atoms with E-state index in [-0.39, 0.29) is 5.78 Å². The van der Waals surface area contributed by atoms with Crippen molar-refractivity contribution in [1.82, 2.24) is 4.90 Å². The van der Waals surface area contributed by atoms with Crippen LogP contribution in [0.15, 0.2) is 24.8 Å². The van der Waals surface area contributed by atoms with E-state index in [1.807, 2.05) is 13.0 Å². The quantitative estimate of drug-likeness (QED) is 0.315. The summed E-state index contributed by atoms with van der Waals surface area (Å²) in [5.74, 6) is 1.92. The van der Waals surface area contributed by atoms with Gasteiger partial charge in [-0.2, -0.15) is 0 Å². The second kappa shape index (κ2) is 13.1. The number of hydrogen-bond acceptors (Lipinski definition) is 3. The molecule has 0 bridgehead atoms. The Labute approximate surface area is 191 Å². The van der Waals surface area contributed by atoms with E-state index < -0.39 is 0 Å². The smallest absolute Gasteiger partial charge is 0.163 e. The number of carbonyl (C=O) groups excluding carboxylic acids is 1. The van der Waals surface area contributed by atoms with E-state index in [4.69, 9.17) is 0 Å². The molecular weight excluding hydrogens is 380 g/mol. The second-order valence-corrected chi connectivity index (χ2v) is 9.72. The maximum Gasteiger partial charge on any atom is 0.163 e. The molecule has 1 aromatic rings. The summed E-state index contributed by atoms with van der Waals surface area (Å²) in [5, 5.41) is 0. The topological polar surface area (TPSA) is 23.6 Å². The van der Waals surface area contributed by atoms with Crippen molar-refractivity contribution in [3.05, 3.63) is 35.9 Å². The third kappa shape index (κ3) is 7.79. The van der Waals surface area contributed by atoms with Crippen molar-refractivity contribution >= 4 is 17.0 Å². The number of ketones is 1. The lowest BCUT2D eigenvalue weighted by atomic mass is 9.91. The summed E-state index contributed by atoms with van der Waals surface area (Å²) in [6.07, 6.45) is 8.17. The molecule has 1 aliphatic rings. The summed E-state index contributed by atoms with van der Waals surface area (Å²) in [7, 11) is 0. The first-order valence-corrected chi connectivity index (χ1v) is 12.7. The number of piperazine rings is 1. The van der Waals surface area contributed by atoms with E-state index in [0.29, 0.717) is 6.42 Å². The van der Waals surface area contributed by atoms with Crippen molar-refractivity contribution in [1.29, 1.82) is 0 Å². The van der Waals surface area contributed by atoms with Gasteiger partial charge in [0.2, 0.25) is 0 Å². The van der Waals surface area contributed by atoms with Crippen LogP contribution in [0.25, 0.3) is 5.57 Å². The first-order valence-electron chi connectivity index (χ1n) is 12.7. The van der Waals surface area contributed by atoms with Crippen LogP contribution in [0.5, 0.6) is 0 Å². The van der Waals surface area contributed by atoms with Crippen molar-refractivity contribution in [2.45, 2.75) is 79.6 Å². The summed E-state index contributed by atoms with van der Waals surface area (Å²) in [6.45, 7) is 20.8. The van der Waals surface area contributed by atoms with Crippen LogP contribution in [0.4, 0.5) is 5.69 Å². The standard InChI is InChI=1S/C28H46N2O/c1-7-10-24(13-12-23(6)9-3)21-29-16-18-30(19-17-29)25-14-15-26(28(31)11-8-2)27(20-25)22(4)5/h14-15,20,23-24H,4,7-13,16-19,21H2,1-3,5-6H3. The molecule has 3 heteroatoms. The maximum atomic E-state index is 12.5. The number of nitrogens with zero attached hydrogens (tertiary/aromatic N) is 2. The lowest BCUT2D eigenvalue weighted by molar-refractivity contribution is 0.0981. The van der Waals surface area contributed by atoms with E-state index >= 15 is 0 Å². The highest BCUT2D eigenvalue weighted by molar-refractivity contribution is 6.01. The molecule has 2 atom stereocenters. The van der Waals surface area contributed by atoms with Gasteiger partial charge in [-0.1, -0.05) is 59.1 Å². The molecule has 0 saturated carbocycles. The number of benzene rings is 1. The Hall–Kier alpha value is -1.61. The Kier molecular flexibility index (Phi) is 10.8. The molecule has 1 aliphatic heterocycles. The van der Waals surface area contributed by atoms with Crippen LogP contribution in [0.1, 0.15) is 95.5 Å². The lowest BCUT2D eigenvalue weighted by Crippen LogP contribution is -2.47. The third-order valence-electron chi connectivity index (χ3n) is 6.96. The Bertz CT molecular complexity index is 703. The number of carbonyl (C=O) groups is 1. The average molecular weight is 427 g/mol. The monoisotopic (exact) mass is 426 g/mol. The summed E-state index contributed by atoms with van der Waals surface area (Å²) in [5.41, 5.74) is 4.06. The summed E-state index contributed by atoms with van der Waals surface area (Å²) in [4.78, 5) is 17.7. The first-order chi connectivity index (χ1) is 14.9. The minimum atomic E-state index is 0.233. The molecule has 174 valence electrons. The van der Waals surface area contributed by atoms with Crippen LogP contribution in [-0.4, -0.2) is 43.4 Å². The van der Waals surface area contributed by atoms with Gasteiger partial charge < -0.3 is 4.90 Å². The van der Waals surface area contributed by atoms with Crippen molar-refractivity contribution in [2.24, 2.45) is 11.8 Å². The molecule has 3 nitrogen and oxygen atoms in total. The van der Waals surface area contributed by atoms with Gasteiger partial charge in [0.05, 0.1) is 0 Å². The molecule has 1 aromatic carbocycles. The minimum absolute atomic E-state index is 0.233. The normalized spacial score (nSPS) is 16.9. The predicted octanol–water partition coefficient (Wildman–Crippen LogP) is 7.07. The molecule has 1 saturated heterocycles.